The van der Waals surface area contributed by atoms with Crippen molar-refractivity contribution in [3.8, 4) is 0 Å². The number of benzene rings is 1. The van der Waals surface area contributed by atoms with E-state index in [1.165, 1.54) is 6.07 Å². The molecule has 0 aliphatic heterocycles. The summed E-state index contributed by atoms with van der Waals surface area (Å²) in [5, 5.41) is 10.2. The van der Waals surface area contributed by atoms with Crippen molar-refractivity contribution >= 4 is 0 Å². The van der Waals surface area contributed by atoms with E-state index in [0.29, 0.717) is 5.56 Å². The molecule has 15 heavy (non-hydrogen) atoms. The van der Waals surface area contributed by atoms with Crippen molar-refractivity contribution in [2.45, 2.75) is 25.9 Å². The van der Waals surface area contributed by atoms with Gasteiger partial charge in [0.25, 0.3) is 0 Å². The average molecular weight is 211 g/mol. The van der Waals surface area contributed by atoms with Crippen LogP contribution in [0.15, 0.2) is 24.3 Å². The lowest BCUT2D eigenvalue weighted by molar-refractivity contribution is 0.00338. The number of rotatable bonds is 4. The molecule has 3 heteroatoms. The standard InChI is InChI=1S/C12H18FNO/c1-9(2)12(15,8-14)7-10-5-3-4-6-11(10)13/h3-6,9,15H,7-8,14H2,1-2H3. The smallest absolute Gasteiger partial charge is 0.126 e. The van der Waals surface area contributed by atoms with Crippen LogP contribution in [0.1, 0.15) is 19.4 Å². The van der Waals surface area contributed by atoms with Crippen LogP contribution in [0.25, 0.3) is 0 Å². The van der Waals surface area contributed by atoms with Gasteiger partial charge >= 0.3 is 0 Å². The van der Waals surface area contributed by atoms with Gasteiger partial charge in [-0.05, 0) is 17.5 Å². The Morgan fingerprint density at radius 3 is 2.47 bits per heavy atom. The van der Waals surface area contributed by atoms with Crippen LogP contribution in [0.5, 0.6) is 0 Å². The zero-order valence-electron chi connectivity index (χ0n) is 9.20. The van der Waals surface area contributed by atoms with Crippen molar-refractivity contribution in [2.75, 3.05) is 6.54 Å². The fourth-order valence-corrected chi connectivity index (χ4v) is 1.48. The molecule has 0 aliphatic carbocycles. The van der Waals surface area contributed by atoms with Crippen LogP contribution in [0, 0.1) is 11.7 Å². The molecule has 84 valence electrons. The summed E-state index contributed by atoms with van der Waals surface area (Å²) in [6, 6.07) is 6.47. The maximum absolute atomic E-state index is 13.4. The highest BCUT2D eigenvalue weighted by molar-refractivity contribution is 5.19. The first-order valence-corrected chi connectivity index (χ1v) is 5.15. The summed E-state index contributed by atoms with van der Waals surface area (Å²) in [5.41, 5.74) is 5.02. The zero-order chi connectivity index (χ0) is 11.5. The first kappa shape index (κ1) is 12.1. The van der Waals surface area contributed by atoms with Crippen LogP contribution >= 0.6 is 0 Å². The summed E-state index contributed by atoms with van der Waals surface area (Å²) in [6.07, 6.45) is 0.258. The molecular weight excluding hydrogens is 193 g/mol. The molecule has 0 fully saturated rings. The normalized spacial score (nSPS) is 15.3. The number of hydrogen-bond acceptors (Lipinski definition) is 2. The van der Waals surface area contributed by atoms with Crippen molar-refractivity contribution in [3.05, 3.63) is 35.6 Å². The molecule has 1 atom stereocenters. The summed E-state index contributed by atoms with van der Waals surface area (Å²) in [7, 11) is 0. The molecule has 0 heterocycles. The SMILES string of the molecule is CC(C)C(O)(CN)Cc1ccccc1F. The average Bonchev–Trinajstić information content (AvgIpc) is 2.21. The summed E-state index contributed by atoms with van der Waals surface area (Å²) >= 11 is 0. The molecular formula is C12H18FNO. The first-order chi connectivity index (χ1) is 6.99. The van der Waals surface area contributed by atoms with Gasteiger partial charge in [0.1, 0.15) is 5.82 Å². The maximum atomic E-state index is 13.4. The first-order valence-electron chi connectivity index (χ1n) is 5.15. The highest BCUT2D eigenvalue weighted by Crippen LogP contribution is 2.22. The summed E-state index contributed by atoms with van der Waals surface area (Å²) in [5.74, 6) is -0.285. The molecule has 1 aromatic rings. The van der Waals surface area contributed by atoms with E-state index in [0.717, 1.165) is 0 Å². The third-order valence-corrected chi connectivity index (χ3v) is 2.88. The quantitative estimate of drug-likeness (QED) is 0.796. The van der Waals surface area contributed by atoms with Gasteiger partial charge in [-0.1, -0.05) is 32.0 Å². The monoisotopic (exact) mass is 211 g/mol. The van der Waals surface area contributed by atoms with Crippen molar-refractivity contribution in [3.63, 3.8) is 0 Å². The fourth-order valence-electron chi connectivity index (χ4n) is 1.48. The Labute approximate surface area is 89.9 Å². The molecule has 0 aliphatic rings. The lowest BCUT2D eigenvalue weighted by atomic mass is 9.84. The second-order valence-corrected chi connectivity index (χ2v) is 4.23. The minimum Gasteiger partial charge on any atom is -0.388 e. The van der Waals surface area contributed by atoms with Gasteiger partial charge in [0.2, 0.25) is 0 Å². The lowest BCUT2D eigenvalue weighted by Gasteiger charge is -2.31. The Hall–Kier alpha value is -0.930. The predicted octanol–water partition coefficient (Wildman–Crippen LogP) is 1.71. The van der Waals surface area contributed by atoms with E-state index in [1.54, 1.807) is 18.2 Å². The topological polar surface area (TPSA) is 46.2 Å². The largest absolute Gasteiger partial charge is 0.388 e. The maximum Gasteiger partial charge on any atom is 0.126 e. The summed E-state index contributed by atoms with van der Waals surface area (Å²) < 4.78 is 13.4. The minimum absolute atomic E-state index is 0.00195. The second-order valence-electron chi connectivity index (χ2n) is 4.23. The van der Waals surface area contributed by atoms with Crippen LogP contribution in [0.2, 0.25) is 0 Å². The van der Waals surface area contributed by atoms with Gasteiger partial charge in [-0.25, -0.2) is 4.39 Å². The fraction of sp³-hybridized carbons (Fsp3) is 0.500. The van der Waals surface area contributed by atoms with Gasteiger partial charge in [-0.15, -0.1) is 0 Å². The molecule has 1 unspecified atom stereocenters. The van der Waals surface area contributed by atoms with Crippen LogP contribution in [-0.2, 0) is 6.42 Å². The molecule has 3 N–H and O–H groups in total. The summed E-state index contributed by atoms with van der Waals surface area (Å²) in [6.45, 7) is 3.90. The molecule has 1 rings (SSSR count). The summed E-state index contributed by atoms with van der Waals surface area (Å²) in [4.78, 5) is 0. The van der Waals surface area contributed by atoms with Crippen LogP contribution in [-0.4, -0.2) is 17.3 Å². The van der Waals surface area contributed by atoms with E-state index in [-0.39, 0.29) is 24.7 Å². The number of hydrogen-bond donors (Lipinski definition) is 2. The zero-order valence-corrected chi connectivity index (χ0v) is 9.20. The van der Waals surface area contributed by atoms with Crippen molar-refractivity contribution < 1.29 is 9.50 Å². The molecule has 1 aromatic carbocycles. The van der Waals surface area contributed by atoms with Gasteiger partial charge in [-0.3, -0.25) is 0 Å². The second kappa shape index (κ2) is 4.73. The molecule has 0 radical (unpaired) electrons. The highest BCUT2D eigenvalue weighted by Gasteiger charge is 2.30. The van der Waals surface area contributed by atoms with Gasteiger partial charge < -0.3 is 10.8 Å². The Morgan fingerprint density at radius 2 is 2.00 bits per heavy atom. The predicted molar refractivity (Wildman–Crippen MR) is 58.9 cm³/mol. The highest BCUT2D eigenvalue weighted by atomic mass is 19.1. The van der Waals surface area contributed by atoms with E-state index in [2.05, 4.69) is 0 Å². The van der Waals surface area contributed by atoms with Crippen LogP contribution in [0.4, 0.5) is 4.39 Å². The van der Waals surface area contributed by atoms with Crippen molar-refractivity contribution in [2.24, 2.45) is 11.7 Å². The number of nitrogens with two attached hydrogens (primary N) is 1. The third kappa shape index (κ3) is 2.76. The van der Waals surface area contributed by atoms with Gasteiger partial charge in [0, 0.05) is 13.0 Å². The number of halogens is 1. The Bertz CT molecular complexity index is 327. The van der Waals surface area contributed by atoms with Gasteiger partial charge in [-0.2, -0.15) is 0 Å². The van der Waals surface area contributed by atoms with Crippen LogP contribution in [0.3, 0.4) is 0 Å². The molecule has 0 spiro atoms. The van der Waals surface area contributed by atoms with E-state index in [4.69, 9.17) is 5.73 Å². The molecule has 0 aromatic heterocycles. The van der Waals surface area contributed by atoms with E-state index in [1.807, 2.05) is 13.8 Å². The van der Waals surface area contributed by atoms with Gasteiger partial charge in [0.05, 0.1) is 5.60 Å². The van der Waals surface area contributed by atoms with E-state index in [9.17, 15) is 9.50 Å². The number of aliphatic hydroxyl groups is 1. The molecule has 2 nitrogen and oxygen atoms in total. The van der Waals surface area contributed by atoms with Crippen LogP contribution < -0.4 is 5.73 Å². The van der Waals surface area contributed by atoms with Gasteiger partial charge in [0.15, 0.2) is 0 Å². The Morgan fingerprint density at radius 1 is 1.40 bits per heavy atom. The Balaban J connectivity index is 2.89. The van der Waals surface area contributed by atoms with Crippen molar-refractivity contribution in [1.29, 1.82) is 0 Å². The van der Waals surface area contributed by atoms with E-state index >= 15 is 0 Å². The minimum atomic E-state index is -1.03. The molecule has 0 amide bonds. The van der Waals surface area contributed by atoms with E-state index < -0.39 is 5.60 Å². The molecule has 0 saturated heterocycles. The van der Waals surface area contributed by atoms with Crippen molar-refractivity contribution in [1.82, 2.24) is 0 Å². The lowest BCUT2D eigenvalue weighted by Crippen LogP contribution is -2.45. The third-order valence-electron chi connectivity index (χ3n) is 2.88. The molecule has 0 bridgehead atoms. The Kier molecular flexibility index (Phi) is 3.83. The molecule has 0 saturated carbocycles.